The standard InChI is InChI=1S/C14H15BrN2S/c15-11-6-12(18-9-11)8-17-5-4-13-10(7-17)2-1-3-14(13)16/h1-3,6,9H,4-5,7-8,16H2. The van der Waals surface area contributed by atoms with Gasteiger partial charge in [0, 0.05) is 40.1 Å². The topological polar surface area (TPSA) is 29.3 Å². The van der Waals surface area contributed by atoms with E-state index >= 15 is 0 Å². The Kier molecular flexibility index (Phi) is 3.41. The molecule has 0 saturated heterocycles. The highest BCUT2D eigenvalue weighted by Gasteiger charge is 2.18. The lowest BCUT2D eigenvalue weighted by Gasteiger charge is -2.29. The number of hydrogen-bond acceptors (Lipinski definition) is 3. The zero-order valence-corrected chi connectivity index (χ0v) is 12.4. The molecule has 1 aliphatic rings. The lowest BCUT2D eigenvalue weighted by Crippen LogP contribution is -2.30. The van der Waals surface area contributed by atoms with Crippen LogP contribution in [0.2, 0.25) is 0 Å². The first kappa shape index (κ1) is 12.2. The van der Waals surface area contributed by atoms with Gasteiger partial charge in [-0.2, -0.15) is 0 Å². The summed E-state index contributed by atoms with van der Waals surface area (Å²) in [6.07, 6.45) is 1.06. The molecule has 1 aromatic carbocycles. The summed E-state index contributed by atoms with van der Waals surface area (Å²) in [5.74, 6) is 0. The van der Waals surface area contributed by atoms with Gasteiger partial charge in [-0.1, -0.05) is 12.1 Å². The first-order chi connectivity index (χ1) is 8.72. The van der Waals surface area contributed by atoms with Crippen molar-refractivity contribution >= 4 is 33.0 Å². The number of anilines is 1. The highest BCUT2D eigenvalue weighted by Crippen LogP contribution is 2.27. The number of rotatable bonds is 2. The fraction of sp³-hybridized carbons (Fsp3) is 0.286. The number of halogens is 1. The summed E-state index contributed by atoms with van der Waals surface area (Å²) in [6, 6.07) is 8.46. The molecule has 0 bridgehead atoms. The number of nitrogen functional groups attached to an aromatic ring is 1. The molecule has 0 fully saturated rings. The van der Waals surface area contributed by atoms with Gasteiger partial charge < -0.3 is 5.73 Å². The van der Waals surface area contributed by atoms with Gasteiger partial charge >= 0.3 is 0 Å². The van der Waals surface area contributed by atoms with Crippen LogP contribution in [-0.2, 0) is 19.5 Å². The van der Waals surface area contributed by atoms with Crippen molar-refractivity contribution in [1.29, 1.82) is 0 Å². The molecular formula is C14H15BrN2S. The van der Waals surface area contributed by atoms with Gasteiger partial charge in [-0.15, -0.1) is 11.3 Å². The van der Waals surface area contributed by atoms with E-state index in [1.54, 1.807) is 0 Å². The van der Waals surface area contributed by atoms with E-state index in [1.807, 2.05) is 17.4 Å². The third-order valence-electron chi connectivity index (χ3n) is 3.38. The van der Waals surface area contributed by atoms with E-state index in [2.05, 4.69) is 44.4 Å². The lowest BCUT2D eigenvalue weighted by atomic mass is 9.98. The Morgan fingerprint density at radius 3 is 3.06 bits per heavy atom. The Balaban J connectivity index is 1.75. The molecule has 0 amide bonds. The summed E-state index contributed by atoms with van der Waals surface area (Å²) >= 11 is 5.32. The molecule has 2 nitrogen and oxygen atoms in total. The van der Waals surface area contributed by atoms with Gasteiger partial charge in [-0.25, -0.2) is 0 Å². The van der Waals surface area contributed by atoms with Crippen molar-refractivity contribution in [2.24, 2.45) is 0 Å². The molecule has 2 aromatic rings. The summed E-state index contributed by atoms with van der Waals surface area (Å²) in [6.45, 7) is 3.14. The Hall–Kier alpha value is -0.840. The fourth-order valence-electron chi connectivity index (χ4n) is 2.49. The third-order valence-corrected chi connectivity index (χ3v) is 5.06. The van der Waals surface area contributed by atoms with Crippen molar-refractivity contribution in [1.82, 2.24) is 4.90 Å². The van der Waals surface area contributed by atoms with Crippen LogP contribution in [0.5, 0.6) is 0 Å². The summed E-state index contributed by atoms with van der Waals surface area (Å²) in [4.78, 5) is 3.90. The van der Waals surface area contributed by atoms with Crippen LogP contribution in [0.15, 0.2) is 34.1 Å². The van der Waals surface area contributed by atoms with E-state index in [-0.39, 0.29) is 0 Å². The second kappa shape index (κ2) is 5.03. The summed E-state index contributed by atoms with van der Waals surface area (Å²) in [7, 11) is 0. The maximum Gasteiger partial charge on any atom is 0.0350 e. The molecule has 0 atom stereocenters. The van der Waals surface area contributed by atoms with Gasteiger partial charge in [0.2, 0.25) is 0 Å². The molecule has 0 radical (unpaired) electrons. The Morgan fingerprint density at radius 2 is 2.28 bits per heavy atom. The Morgan fingerprint density at radius 1 is 1.39 bits per heavy atom. The monoisotopic (exact) mass is 322 g/mol. The molecule has 18 heavy (non-hydrogen) atoms. The maximum absolute atomic E-state index is 6.02. The van der Waals surface area contributed by atoms with Crippen molar-refractivity contribution in [3.63, 3.8) is 0 Å². The van der Waals surface area contributed by atoms with Crippen LogP contribution in [0.3, 0.4) is 0 Å². The minimum absolute atomic E-state index is 0.950. The van der Waals surface area contributed by atoms with Crippen LogP contribution in [0.1, 0.15) is 16.0 Å². The van der Waals surface area contributed by atoms with Crippen molar-refractivity contribution in [2.75, 3.05) is 12.3 Å². The minimum atomic E-state index is 0.950. The predicted molar refractivity (Wildman–Crippen MR) is 80.7 cm³/mol. The second-order valence-electron chi connectivity index (χ2n) is 4.68. The SMILES string of the molecule is Nc1cccc2c1CCN(Cc1cc(Br)cs1)C2. The second-order valence-corrected chi connectivity index (χ2v) is 6.59. The normalized spacial score (nSPS) is 15.6. The Labute approximate surface area is 120 Å². The van der Waals surface area contributed by atoms with Crippen molar-refractivity contribution in [3.05, 3.63) is 50.1 Å². The minimum Gasteiger partial charge on any atom is -0.398 e. The first-order valence-corrected chi connectivity index (χ1v) is 7.71. The molecule has 2 heterocycles. The van der Waals surface area contributed by atoms with Crippen LogP contribution in [0.4, 0.5) is 5.69 Å². The molecule has 4 heteroatoms. The van der Waals surface area contributed by atoms with E-state index < -0.39 is 0 Å². The van der Waals surface area contributed by atoms with Gasteiger partial charge in [0.1, 0.15) is 0 Å². The largest absolute Gasteiger partial charge is 0.398 e. The first-order valence-electron chi connectivity index (χ1n) is 6.04. The predicted octanol–water partition coefficient (Wildman–Crippen LogP) is 3.65. The fourth-order valence-corrected chi connectivity index (χ4v) is 3.98. The average molecular weight is 323 g/mol. The van der Waals surface area contributed by atoms with E-state index in [9.17, 15) is 0 Å². The van der Waals surface area contributed by atoms with Gasteiger partial charge in [0.05, 0.1) is 0 Å². The van der Waals surface area contributed by atoms with Gasteiger partial charge in [-0.3, -0.25) is 4.90 Å². The number of hydrogen-bond donors (Lipinski definition) is 1. The van der Waals surface area contributed by atoms with E-state index in [0.29, 0.717) is 0 Å². The molecule has 1 aliphatic heterocycles. The van der Waals surface area contributed by atoms with Gasteiger partial charge in [-0.05, 0) is 45.6 Å². The molecule has 2 N–H and O–H groups in total. The third kappa shape index (κ3) is 2.46. The smallest absolute Gasteiger partial charge is 0.0350 e. The maximum atomic E-state index is 6.02. The summed E-state index contributed by atoms with van der Waals surface area (Å²) < 4.78 is 1.18. The highest BCUT2D eigenvalue weighted by atomic mass is 79.9. The van der Waals surface area contributed by atoms with Crippen LogP contribution in [0.25, 0.3) is 0 Å². The quantitative estimate of drug-likeness (QED) is 0.855. The molecular weight excluding hydrogens is 308 g/mol. The van der Waals surface area contributed by atoms with Crippen LogP contribution >= 0.6 is 27.3 Å². The molecule has 0 unspecified atom stereocenters. The number of thiophene rings is 1. The van der Waals surface area contributed by atoms with Crippen LogP contribution in [-0.4, -0.2) is 11.4 Å². The number of fused-ring (bicyclic) bond motifs is 1. The zero-order chi connectivity index (χ0) is 12.5. The van der Waals surface area contributed by atoms with Crippen molar-refractivity contribution in [2.45, 2.75) is 19.5 Å². The number of nitrogens with two attached hydrogens (primary N) is 1. The Bertz CT molecular complexity index is 565. The van der Waals surface area contributed by atoms with Gasteiger partial charge in [0.25, 0.3) is 0 Å². The molecule has 0 spiro atoms. The number of benzene rings is 1. The van der Waals surface area contributed by atoms with E-state index in [1.165, 1.54) is 20.5 Å². The van der Waals surface area contributed by atoms with Crippen LogP contribution < -0.4 is 5.73 Å². The highest BCUT2D eigenvalue weighted by molar-refractivity contribution is 9.10. The van der Waals surface area contributed by atoms with Gasteiger partial charge in [0.15, 0.2) is 0 Å². The van der Waals surface area contributed by atoms with E-state index in [4.69, 9.17) is 5.73 Å². The lowest BCUT2D eigenvalue weighted by molar-refractivity contribution is 0.248. The molecule has 1 aromatic heterocycles. The summed E-state index contributed by atoms with van der Waals surface area (Å²) in [5.41, 5.74) is 9.70. The van der Waals surface area contributed by atoms with Crippen molar-refractivity contribution in [3.8, 4) is 0 Å². The summed E-state index contributed by atoms with van der Waals surface area (Å²) in [5, 5.41) is 2.14. The molecule has 0 aliphatic carbocycles. The molecule has 3 rings (SSSR count). The average Bonchev–Trinajstić information content (AvgIpc) is 2.75. The van der Waals surface area contributed by atoms with Crippen LogP contribution in [0, 0.1) is 0 Å². The molecule has 94 valence electrons. The van der Waals surface area contributed by atoms with Crippen molar-refractivity contribution < 1.29 is 0 Å². The molecule has 0 saturated carbocycles. The number of nitrogens with zero attached hydrogens (tertiary/aromatic N) is 1. The van der Waals surface area contributed by atoms with E-state index in [0.717, 1.165) is 31.7 Å². The zero-order valence-electron chi connectivity index (χ0n) is 10.0.